The van der Waals surface area contributed by atoms with E-state index in [1.54, 1.807) is 30.3 Å². The van der Waals surface area contributed by atoms with Gasteiger partial charge in [0, 0.05) is 23.2 Å². The number of nitrogens with zero attached hydrogens (tertiary/aromatic N) is 1. The summed E-state index contributed by atoms with van der Waals surface area (Å²) < 4.78 is 10.9. The number of aromatic nitrogens is 1. The van der Waals surface area contributed by atoms with E-state index in [1.807, 2.05) is 20.8 Å². The molecule has 162 valence electrons. The lowest BCUT2D eigenvalue weighted by Crippen LogP contribution is -2.37. The maximum atomic E-state index is 12.4. The fraction of sp³-hybridized carbons (Fsp3) is 0.522. The number of carbonyl (C=O) groups excluding carboxylic acids is 2. The quantitative estimate of drug-likeness (QED) is 0.725. The van der Waals surface area contributed by atoms with Crippen molar-refractivity contribution in [3.05, 3.63) is 41.8 Å². The van der Waals surface area contributed by atoms with Gasteiger partial charge in [-0.05, 0) is 55.9 Å². The number of hydrogen-bond acceptors (Lipinski definition) is 5. The smallest absolute Gasteiger partial charge is 0.273 e. The van der Waals surface area contributed by atoms with Gasteiger partial charge in [-0.1, -0.05) is 32.9 Å². The first-order chi connectivity index (χ1) is 14.2. The van der Waals surface area contributed by atoms with Crippen LogP contribution in [0.1, 0.15) is 69.6 Å². The van der Waals surface area contributed by atoms with E-state index in [0.29, 0.717) is 17.2 Å². The molecule has 1 aliphatic carbocycles. The maximum absolute atomic E-state index is 12.4. The van der Waals surface area contributed by atoms with Crippen LogP contribution in [0.15, 0.2) is 34.9 Å². The summed E-state index contributed by atoms with van der Waals surface area (Å²) >= 11 is 0. The molecule has 0 unspecified atom stereocenters. The summed E-state index contributed by atoms with van der Waals surface area (Å²) in [5.41, 5.74) is 0.520. The van der Waals surface area contributed by atoms with Crippen LogP contribution >= 0.6 is 0 Å². The normalized spacial score (nSPS) is 19.2. The highest BCUT2D eigenvalue weighted by Crippen LogP contribution is 2.24. The molecule has 0 spiro atoms. The molecule has 1 aliphatic rings. The second-order valence-corrected chi connectivity index (χ2v) is 9.13. The number of nitrogens with one attached hydrogen (secondary N) is 2. The molecule has 1 aromatic carbocycles. The summed E-state index contributed by atoms with van der Waals surface area (Å²) in [5, 5.41) is 9.77. The molecule has 0 atom stereocenters. The first-order valence-electron chi connectivity index (χ1n) is 10.5. The zero-order valence-electron chi connectivity index (χ0n) is 18.2. The molecule has 0 radical (unpaired) electrons. The number of anilines is 1. The van der Waals surface area contributed by atoms with Gasteiger partial charge >= 0.3 is 0 Å². The number of hydrogen-bond donors (Lipinski definition) is 2. The number of ether oxygens (including phenoxy) is 1. The Balaban J connectivity index is 1.48. The Bertz CT molecular complexity index is 859. The number of rotatable bonds is 6. The fourth-order valence-corrected chi connectivity index (χ4v) is 3.26. The predicted octanol–water partition coefficient (Wildman–Crippen LogP) is 4.55. The Hall–Kier alpha value is -2.83. The summed E-state index contributed by atoms with van der Waals surface area (Å²) in [4.78, 5) is 24.4. The van der Waals surface area contributed by atoms with Gasteiger partial charge in [-0.2, -0.15) is 0 Å². The van der Waals surface area contributed by atoms with Crippen LogP contribution in [0.4, 0.5) is 5.69 Å². The Morgan fingerprint density at radius 1 is 1.13 bits per heavy atom. The predicted molar refractivity (Wildman–Crippen MR) is 114 cm³/mol. The van der Waals surface area contributed by atoms with Gasteiger partial charge in [-0.25, -0.2) is 0 Å². The van der Waals surface area contributed by atoms with Crippen LogP contribution in [0.3, 0.4) is 0 Å². The van der Waals surface area contributed by atoms with Crippen LogP contribution in [0.25, 0.3) is 0 Å². The molecule has 1 saturated carbocycles. The van der Waals surface area contributed by atoms with Gasteiger partial charge in [0.1, 0.15) is 12.4 Å². The molecule has 1 aromatic heterocycles. The maximum Gasteiger partial charge on any atom is 0.273 e. The zero-order chi connectivity index (χ0) is 21.7. The molecule has 0 saturated heterocycles. The SMILES string of the molecule is CC1CCC(NC(=O)c2cc(COc3ccc(NC(=O)C(C)(C)C)cc3)on2)CC1. The molecule has 7 nitrogen and oxygen atoms in total. The van der Waals surface area contributed by atoms with E-state index in [9.17, 15) is 9.59 Å². The van der Waals surface area contributed by atoms with Crippen LogP contribution < -0.4 is 15.4 Å². The van der Waals surface area contributed by atoms with E-state index in [4.69, 9.17) is 9.26 Å². The van der Waals surface area contributed by atoms with Crippen molar-refractivity contribution in [3.63, 3.8) is 0 Å². The first-order valence-corrected chi connectivity index (χ1v) is 10.5. The zero-order valence-corrected chi connectivity index (χ0v) is 18.2. The van der Waals surface area contributed by atoms with Crippen molar-refractivity contribution in [2.75, 3.05) is 5.32 Å². The Kier molecular flexibility index (Phi) is 6.80. The molecule has 1 fully saturated rings. The minimum Gasteiger partial charge on any atom is -0.486 e. The highest BCUT2D eigenvalue weighted by Gasteiger charge is 2.22. The van der Waals surface area contributed by atoms with E-state index in [0.717, 1.165) is 31.6 Å². The van der Waals surface area contributed by atoms with Gasteiger partial charge in [-0.3, -0.25) is 9.59 Å². The first kappa shape index (κ1) is 21.9. The monoisotopic (exact) mass is 413 g/mol. The summed E-state index contributed by atoms with van der Waals surface area (Å²) in [6.45, 7) is 8.00. The van der Waals surface area contributed by atoms with Crippen LogP contribution in [0.2, 0.25) is 0 Å². The third-order valence-corrected chi connectivity index (χ3v) is 5.32. The minimum absolute atomic E-state index is 0.0497. The van der Waals surface area contributed by atoms with E-state index >= 15 is 0 Å². The van der Waals surface area contributed by atoms with Crippen molar-refractivity contribution < 1.29 is 18.8 Å². The van der Waals surface area contributed by atoms with Crippen molar-refractivity contribution in [2.24, 2.45) is 11.3 Å². The molecular formula is C23H31N3O4. The Morgan fingerprint density at radius 3 is 2.43 bits per heavy atom. The van der Waals surface area contributed by atoms with E-state index in [2.05, 4.69) is 22.7 Å². The summed E-state index contributed by atoms with van der Waals surface area (Å²) in [6.07, 6.45) is 4.29. The molecule has 30 heavy (non-hydrogen) atoms. The Labute approximate surface area is 177 Å². The van der Waals surface area contributed by atoms with Gasteiger partial charge in [0.2, 0.25) is 5.91 Å². The van der Waals surface area contributed by atoms with Crippen LogP contribution in [-0.2, 0) is 11.4 Å². The number of benzene rings is 1. The fourth-order valence-electron chi connectivity index (χ4n) is 3.26. The highest BCUT2D eigenvalue weighted by atomic mass is 16.5. The molecule has 7 heteroatoms. The van der Waals surface area contributed by atoms with E-state index < -0.39 is 5.41 Å². The summed E-state index contributed by atoms with van der Waals surface area (Å²) in [6, 6.07) is 8.92. The number of carbonyl (C=O) groups is 2. The lowest BCUT2D eigenvalue weighted by molar-refractivity contribution is -0.123. The lowest BCUT2D eigenvalue weighted by atomic mass is 9.87. The van der Waals surface area contributed by atoms with E-state index in [-0.39, 0.29) is 30.2 Å². The molecule has 0 aliphatic heterocycles. The van der Waals surface area contributed by atoms with Gasteiger partial charge in [0.15, 0.2) is 11.5 Å². The number of amides is 2. The molecule has 2 aromatic rings. The van der Waals surface area contributed by atoms with Crippen LogP contribution in [0, 0.1) is 11.3 Å². The second kappa shape index (κ2) is 9.32. The topological polar surface area (TPSA) is 93.5 Å². The lowest BCUT2D eigenvalue weighted by Gasteiger charge is -2.26. The van der Waals surface area contributed by atoms with Crippen molar-refractivity contribution in [1.82, 2.24) is 10.5 Å². The van der Waals surface area contributed by atoms with Gasteiger partial charge in [0.25, 0.3) is 5.91 Å². The van der Waals surface area contributed by atoms with E-state index in [1.165, 1.54) is 0 Å². The summed E-state index contributed by atoms with van der Waals surface area (Å²) in [7, 11) is 0. The van der Waals surface area contributed by atoms with Crippen LogP contribution in [-0.4, -0.2) is 23.0 Å². The molecule has 3 rings (SSSR count). The minimum atomic E-state index is -0.457. The largest absolute Gasteiger partial charge is 0.486 e. The van der Waals surface area contributed by atoms with Crippen LogP contribution in [0.5, 0.6) is 5.75 Å². The van der Waals surface area contributed by atoms with Gasteiger partial charge in [0.05, 0.1) is 0 Å². The van der Waals surface area contributed by atoms with Crippen molar-refractivity contribution >= 4 is 17.5 Å². The molecule has 0 bridgehead atoms. The van der Waals surface area contributed by atoms with Crippen molar-refractivity contribution in [2.45, 2.75) is 66.0 Å². The van der Waals surface area contributed by atoms with Crippen molar-refractivity contribution in [3.8, 4) is 5.75 Å². The third kappa shape index (κ3) is 6.08. The summed E-state index contributed by atoms with van der Waals surface area (Å²) in [5.74, 6) is 1.58. The van der Waals surface area contributed by atoms with Gasteiger partial charge < -0.3 is 19.9 Å². The van der Waals surface area contributed by atoms with Crippen molar-refractivity contribution in [1.29, 1.82) is 0 Å². The standard InChI is InChI=1S/C23H31N3O4/c1-15-5-7-16(8-6-15)24-21(27)20-13-19(30-26-20)14-29-18-11-9-17(10-12-18)25-22(28)23(2,3)4/h9-13,15-16H,5-8,14H2,1-4H3,(H,24,27)(H,25,28). The molecular weight excluding hydrogens is 382 g/mol. The van der Waals surface area contributed by atoms with Gasteiger partial charge in [-0.15, -0.1) is 0 Å². The third-order valence-electron chi connectivity index (χ3n) is 5.32. The molecule has 2 amide bonds. The average Bonchev–Trinajstić information content (AvgIpc) is 3.18. The molecule has 2 N–H and O–H groups in total. The second-order valence-electron chi connectivity index (χ2n) is 9.13. The molecule has 1 heterocycles. The highest BCUT2D eigenvalue weighted by molar-refractivity contribution is 5.94. The Morgan fingerprint density at radius 2 is 1.80 bits per heavy atom. The average molecular weight is 414 g/mol.